The molecule has 0 aliphatic rings. The van der Waals surface area contributed by atoms with E-state index in [9.17, 15) is 0 Å². The minimum Gasteiger partial charge on any atom is -0.439 e. The summed E-state index contributed by atoms with van der Waals surface area (Å²) in [5, 5.41) is 3.36. The van der Waals surface area contributed by atoms with Crippen LogP contribution in [0.1, 0.15) is 0 Å². The number of rotatable bonds is 5. The molecule has 0 unspecified atom stereocenters. The number of imidazole rings is 1. The molecular weight excluding hydrogens is 687 g/mol. The molecule has 0 fully saturated rings. The third kappa shape index (κ3) is 4.71. The Balaban J connectivity index is 1.01. The first-order chi connectivity index (χ1) is 27.7. The van der Waals surface area contributed by atoms with Gasteiger partial charge in [-0.15, -0.1) is 0 Å². The minimum atomic E-state index is 0.564. The van der Waals surface area contributed by atoms with Crippen molar-refractivity contribution in [2.24, 2.45) is 0 Å². The summed E-state index contributed by atoms with van der Waals surface area (Å²) in [6.45, 7) is 0. The molecule has 0 saturated heterocycles. The van der Waals surface area contributed by atoms with Crippen molar-refractivity contribution < 1.29 is 8.83 Å². The maximum Gasteiger partial charge on any atom is 0.307 e. The summed E-state index contributed by atoms with van der Waals surface area (Å²) in [7, 11) is 0. The lowest BCUT2D eigenvalue weighted by Gasteiger charge is -2.09. The van der Waals surface area contributed by atoms with Crippen molar-refractivity contribution in [3.63, 3.8) is 0 Å². The largest absolute Gasteiger partial charge is 0.439 e. The van der Waals surface area contributed by atoms with Gasteiger partial charge in [-0.2, -0.15) is 4.98 Å². The highest BCUT2D eigenvalue weighted by Crippen LogP contribution is 2.41. The van der Waals surface area contributed by atoms with Crippen molar-refractivity contribution >= 4 is 60.9 Å². The summed E-state index contributed by atoms with van der Waals surface area (Å²) in [5.41, 5.74) is 16.7. The van der Waals surface area contributed by atoms with Gasteiger partial charge in [-0.25, -0.2) is 0 Å². The van der Waals surface area contributed by atoms with Crippen LogP contribution in [0.25, 0.3) is 111 Å². The smallest absolute Gasteiger partial charge is 0.307 e. The third-order valence-electron chi connectivity index (χ3n) is 11.2. The van der Waals surface area contributed by atoms with Crippen LogP contribution < -0.4 is 0 Å². The van der Waals surface area contributed by atoms with Crippen LogP contribution in [0.5, 0.6) is 0 Å². The zero-order valence-electron chi connectivity index (χ0n) is 30.1. The SMILES string of the molecule is c1ccc(-c2cccc(-c3cccc(-c4ccc5oc6nc7ccc(-n8c9ccc(-c%10ccccc%10)cc9c9c%10ccccc%10oc98)cc7n6c5c4)c3)c2)cc1. The van der Waals surface area contributed by atoms with Crippen LogP contribution in [-0.4, -0.2) is 14.0 Å². The summed E-state index contributed by atoms with van der Waals surface area (Å²) >= 11 is 0. The van der Waals surface area contributed by atoms with E-state index >= 15 is 0 Å². The first-order valence-electron chi connectivity index (χ1n) is 18.9. The molecule has 0 aliphatic carbocycles. The molecule has 262 valence electrons. The molecule has 56 heavy (non-hydrogen) atoms. The van der Waals surface area contributed by atoms with E-state index in [2.05, 4.69) is 185 Å². The lowest BCUT2D eigenvalue weighted by atomic mass is 9.96. The van der Waals surface area contributed by atoms with Gasteiger partial charge in [0.05, 0.1) is 33.1 Å². The first kappa shape index (κ1) is 30.8. The summed E-state index contributed by atoms with van der Waals surface area (Å²) in [5.74, 6) is 0.564. The molecule has 0 bridgehead atoms. The highest BCUT2D eigenvalue weighted by molar-refractivity contribution is 6.20. The van der Waals surface area contributed by atoms with E-state index in [1.54, 1.807) is 0 Å². The van der Waals surface area contributed by atoms with Crippen molar-refractivity contribution in [2.45, 2.75) is 0 Å². The molecule has 0 aliphatic heterocycles. The molecule has 5 nitrogen and oxygen atoms in total. The maximum absolute atomic E-state index is 6.66. The van der Waals surface area contributed by atoms with Gasteiger partial charge >= 0.3 is 5.84 Å². The molecule has 0 radical (unpaired) electrons. The van der Waals surface area contributed by atoms with Gasteiger partial charge < -0.3 is 8.83 Å². The van der Waals surface area contributed by atoms with Crippen LogP contribution in [0, 0.1) is 0 Å². The van der Waals surface area contributed by atoms with Crippen LogP contribution in [0.2, 0.25) is 0 Å². The molecule has 0 N–H and O–H groups in total. The summed E-state index contributed by atoms with van der Waals surface area (Å²) < 4.78 is 17.4. The van der Waals surface area contributed by atoms with Gasteiger partial charge in [0.25, 0.3) is 0 Å². The van der Waals surface area contributed by atoms with E-state index in [4.69, 9.17) is 13.8 Å². The Morgan fingerprint density at radius 1 is 0.375 bits per heavy atom. The number of furan rings is 1. The normalized spacial score (nSPS) is 11.9. The van der Waals surface area contributed by atoms with Crippen molar-refractivity contribution in [3.05, 3.63) is 188 Å². The molecule has 0 spiro atoms. The fourth-order valence-electron chi connectivity index (χ4n) is 8.48. The van der Waals surface area contributed by atoms with Crippen LogP contribution in [0.15, 0.2) is 197 Å². The Morgan fingerprint density at radius 2 is 0.982 bits per heavy atom. The van der Waals surface area contributed by atoms with Crippen LogP contribution >= 0.6 is 0 Å². The molecule has 4 aromatic heterocycles. The molecule has 0 atom stereocenters. The van der Waals surface area contributed by atoms with Crippen molar-refractivity contribution in [1.82, 2.24) is 14.0 Å². The number of oxazole rings is 1. The lowest BCUT2D eigenvalue weighted by molar-refractivity contribution is 0.643. The highest BCUT2D eigenvalue weighted by atomic mass is 16.4. The fraction of sp³-hybridized carbons (Fsp3) is 0. The van der Waals surface area contributed by atoms with Crippen molar-refractivity contribution in [1.29, 1.82) is 0 Å². The van der Waals surface area contributed by atoms with Crippen LogP contribution in [0.4, 0.5) is 0 Å². The van der Waals surface area contributed by atoms with Crippen molar-refractivity contribution in [2.75, 3.05) is 0 Å². The zero-order valence-corrected chi connectivity index (χ0v) is 30.1. The van der Waals surface area contributed by atoms with Crippen LogP contribution in [0.3, 0.4) is 0 Å². The van der Waals surface area contributed by atoms with Crippen LogP contribution in [-0.2, 0) is 0 Å². The lowest BCUT2D eigenvalue weighted by Crippen LogP contribution is -1.94. The topological polar surface area (TPSA) is 48.5 Å². The number of aromatic nitrogens is 3. The summed E-state index contributed by atoms with van der Waals surface area (Å²) in [6, 6.07) is 66.4. The Hall–Kier alpha value is -7.63. The van der Waals surface area contributed by atoms with Gasteiger partial charge in [0, 0.05) is 10.8 Å². The Bertz CT molecular complexity index is 3470. The number of para-hydroxylation sites is 1. The van der Waals surface area contributed by atoms with Gasteiger partial charge in [-0.1, -0.05) is 127 Å². The minimum absolute atomic E-state index is 0.564. The fourth-order valence-corrected chi connectivity index (χ4v) is 8.48. The Morgan fingerprint density at radius 3 is 1.71 bits per heavy atom. The number of fused-ring (bicyclic) bond motifs is 10. The summed E-state index contributed by atoms with van der Waals surface area (Å²) in [4.78, 5) is 4.93. The second kappa shape index (κ2) is 11.9. The first-order valence-corrected chi connectivity index (χ1v) is 18.9. The quantitative estimate of drug-likeness (QED) is 0.178. The number of hydrogen-bond acceptors (Lipinski definition) is 3. The Kier molecular flexibility index (Phi) is 6.56. The monoisotopic (exact) mass is 717 g/mol. The number of nitrogens with zero attached hydrogens (tertiary/aromatic N) is 3. The third-order valence-corrected chi connectivity index (χ3v) is 11.2. The number of hydrogen-bond donors (Lipinski definition) is 0. The molecule has 0 amide bonds. The second-order valence-corrected chi connectivity index (χ2v) is 14.4. The van der Waals surface area contributed by atoms with E-state index in [0.29, 0.717) is 5.84 Å². The standard InChI is InChI=1S/C51H31N3O2/c1-3-11-32(12-4-1)34-15-9-16-35(27-34)36-17-10-18-37(28-36)39-22-26-48-46(30-39)54-45-31-40(23-24-43(45)52-51(54)56-48)53-44-25-21-38(33-13-5-2-6-14-33)29-42(44)49-41-19-7-8-20-47(41)55-50(49)53/h1-31H. The zero-order chi connectivity index (χ0) is 36.7. The van der Waals surface area contributed by atoms with E-state index in [1.165, 1.54) is 33.4 Å². The van der Waals surface area contributed by atoms with E-state index in [0.717, 1.165) is 71.9 Å². The van der Waals surface area contributed by atoms with Gasteiger partial charge in [-0.3, -0.25) is 8.97 Å². The molecule has 12 rings (SSSR count). The molecule has 0 saturated carbocycles. The average molecular weight is 718 g/mol. The van der Waals surface area contributed by atoms with Gasteiger partial charge in [0.2, 0.25) is 5.71 Å². The average Bonchev–Trinajstić information content (AvgIpc) is 4.01. The second-order valence-electron chi connectivity index (χ2n) is 14.4. The number of benzene rings is 8. The van der Waals surface area contributed by atoms with E-state index in [1.807, 2.05) is 12.1 Å². The summed E-state index contributed by atoms with van der Waals surface area (Å²) in [6.07, 6.45) is 0. The van der Waals surface area contributed by atoms with Gasteiger partial charge in [-0.05, 0) is 105 Å². The van der Waals surface area contributed by atoms with Gasteiger partial charge in [0.1, 0.15) is 5.58 Å². The van der Waals surface area contributed by atoms with E-state index in [-0.39, 0.29) is 0 Å². The van der Waals surface area contributed by atoms with Crippen molar-refractivity contribution in [3.8, 4) is 50.2 Å². The highest BCUT2D eigenvalue weighted by Gasteiger charge is 2.22. The van der Waals surface area contributed by atoms with E-state index < -0.39 is 0 Å². The predicted octanol–water partition coefficient (Wildman–Crippen LogP) is 13.7. The molecule has 4 heterocycles. The molecular formula is C51H31N3O2. The Labute approximate surface area is 320 Å². The molecule has 5 heteroatoms. The molecule has 8 aromatic carbocycles. The molecule has 12 aromatic rings. The maximum atomic E-state index is 6.66. The van der Waals surface area contributed by atoms with Gasteiger partial charge in [0.15, 0.2) is 5.58 Å². The predicted molar refractivity (Wildman–Crippen MR) is 228 cm³/mol.